The van der Waals surface area contributed by atoms with E-state index in [1.807, 2.05) is 4.90 Å². The number of carboxylic acid groups (broad SMARTS) is 1. The zero-order valence-corrected chi connectivity index (χ0v) is 20.5. The Bertz CT molecular complexity index is 1600. The first-order valence-electron chi connectivity index (χ1n) is 11.3. The lowest BCUT2D eigenvalue weighted by Crippen LogP contribution is -2.27. The lowest BCUT2D eigenvalue weighted by Gasteiger charge is -2.32. The summed E-state index contributed by atoms with van der Waals surface area (Å²) in [6.07, 6.45) is 1.44. The van der Waals surface area contributed by atoms with Gasteiger partial charge < -0.3 is 10.0 Å². The number of carboxylic acids is 1. The number of carbonyl (C=O) groups is 1. The molecule has 1 aromatic heterocycles. The van der Waals surface area contributed by atoms with E-state index in [1.165, 1.54) is 42.7 Å². The number of fused-ring (bicyclic) bond motifs is 2. The number of anilines is 2. The summed E-state index contributed by atoms with van der Waals surface area (Å²) in [5.74, 6) is -0.959. The molecule has 0 saturated carbocycles. The fraction of sp³-hybridized carbons (Fsp3) is 0.192. The minimum Gasteiger partial charge on any atom is -0.478 e. The molecule has 0 spiro atoms. The van der Waals surface area contributed by atoms with Gasteiger partial charge in [0.2, 0.25) is 10.0 Å². The normalized spacial score (nSPS) is 13.7. The third kappa shape index (κ3) is 4.18. The highest BCUT2D eigenvalue weighted by atomic mass is 32.2. The van der Waals surface area contributed by atoms with Gasteiger partial charge in [-0.15, -0.1) is 0 Å². The molecule has 184 valence electrons. The van der Waals surface area contributed by atoms with Crippen LogP contribution in [0.25, 0.3) is 22.3 Å². The van der Waals surface area contributed by atoms with Crippen LogP contribution in [0.1, 0.15) is 22.3 Å². The van der Waals surface area contributed by atoms with Crippen molar-refractivity contribution in [1.29, 1.82) is 0 Å². The van der Waals surface area contributed by atoms with Gasteiger partial charge in [0.1, 0.15) is 11.5 Å². The van der Waals surface area contributed by atoms with Crippen molar-refractivity contribution in [2.24, 2.45) is 0 Å². The molecule has 1 N–H and O–H groups in total. The Balaban J connectivity index is 1.71. The molecular weight excluding hydrogens is 483 g/mol. The van der Waals surface area contributed by atoms with Crippen LogP contribution in [-0.2, 0) is 16.4 Å². The average Bonchev–Trinajstić information content (AvgIpc) is 2.87. The van der Waals surface area contributed by atoms with E-state index >= 15 is 0 Å². The molecular formula is C26H23FN4O4S. The van der Waals surface area contributed by atoms with Crippen molar-refractivity contribution in [2.45, 2.75) is 17.7 Å². The lowest BCUT2D eigenvalue weighted by molar-refractivity contribution is 0.0697. The summed E-state index contributed by atoms with van der Waals surface area (Å²) in [5.41, 5.74) is 3.84. The molecule has 1 aliphatic heterocycles. The monoisotopic (exact) mass is 506 g/mol. The van der Waals surface area contributed by atoms with Crippen LogP contribution in [0, 0.1) is 5.82 Å². The first kappa shape index (κ1) is 23.8. The maximum Gasteiger partial charge on any atom is 0.335 e. The number of nitrogens with zero attached hydrogens (tertiary/aromatic N) is 4. The van der Waals surface area contributed by atoms with Gasteiger partial charge >= 0.3 is 5.97 Å². The highest BCUT2D eigenvalue weighted by Crippen LogP contribution is 2.39. The molecule has 0 amide bonds. The van der Waals surface area contributed by atoms with E-state index in [0.29, 0.717) is 41.1 Å². The largest absolute Gasteiger partial charge is 0.478 e. The van der Waals surface area contributed by atoms with E-state index in [1.54, 1.807) is 36.4 Å². The number of sulfonamides is 1. The second-order valence-electron chi connectivity index (χ2n) is 8.74. The van der Waals surface area contributed by atoms with Gasteiger partial charge in [0.15, 0.2) is 5.82 Å². The third-order valence-electron chi connectivity index (χ3n) is 6.21. The smallest absolute Gasteiger partial charge is 0.335 e. The van der Waals surface area contributed by atoms with Crippen LogP contribution in [0.3, 0.4) is 0 Å². The molecule has 0 aliphatic carbocycles. The molecule has 0 radical (unpaired) electrons. The number of hydrogen-bond acceptors (Lipinski definition) is 6. The zero-order valence-electron chi connectivity index (χ0n) is 19.6. The molecule has 2 heterocycles. The second-order valence-corrected chi connectivity index (χ2v) is 10.9. The number of aromatic nitrogens is 2. The Morgan fingerprint density at radius 2 is 1.75 bits per heavy atom. The quantitative estimate of drug-likeness (QED) is 0.426. The van der Waals surface area contributed by atoms with E-state index in [2.05, 4.69) is 0 Å². The molecule has 0 bridgehead atoms. The van der Waals surface area contributed by atoms with Crippen LogP contribution in [-0.4, -0.2) is 54.4 Å². The summed E-state index contributed by atoms with van der Waals surface area (Å²) >= 11 is 0. The summed E-state index contributed by atoms with van der Waals surface area (Å²) in [5, 5.41) is 9.44. The first-order valence-corrected chi connectivity index (χ1v) is 12.7. The van der Waals surface area contributed by atoms with Gasteiger partial charge in [0, 0.05) is 31.9 Å². The minimum atomic E-state index is -3.59. The van der Waals surface area contributed by atoms with Gasteiger partial charge in [0.05, 0.1) is 21.5 Å². The maximum absolute atomic E-state index is 13.7. The van der Waals surface area contributed by atoms with Crippen molar-refractivity contribution in [1.82, 2.24) is 14.3 Å². The fourth-order valence-electron chi connectivity index (χ4n) is 4.33. The molecule has 4 aromatic rings. The summed E-state index contributed by atoms with van der Waals surface area (Å²) in [7, 11) is -0.609. The third-order valence-corrected chi connectivity index (χ3v) is 8.03. The van der Waals surface area contributed by atoms with Crippen LogP contribution in [0.15, 0.2) is 65.6 Å². The van der Waals surface area contributed by atoms with Crippen LogP contribution < -0.4 is 4.90 Å². The van der Waals surface area contributed by atoms with Gasteiger partial charge in [-0.05, 0) is 79.1 Å². The number of halogens is 1. The average molecular weight is 507 g/mol. The number of benzene rings is 3. The van der Waals surface area contributed by atoms with E-state index in [0.717, 1.165) is 17.7 Å². The van der Waals surface area contributed by atoms with Crippen molar-refractivity contribution in [3.05, 3.63) is 77.6 Å². The van der Waals surface area contributed by atoms with Crippen LogP contribution >= 0.6 is 0 Å². The predicted octanol–water partition coefficient (Wildman–Crippen LogP) is 4.47. The van der Waals surface area contributed by atoms with Crippen molar-refractivity contribution >= 4 is 38.5 Å². The lowest BCUT2D eigenvalue weighted by atomic mass is 10.0. The van der Waals surface area contributed by atoms with Gasteiger partial charge in [-0.1, -0.05) is 0 Å². The van der Waals surface area contributed by atoms with E-state index < -0.39 is 16.0 Å². The van der Waals surface area contributed by atoms with E-state index in [9.17, 15) is 22.7 Å². The molecule has 3 aromatic carbocycles. The molecule has 0 fully saturated rings. The molecule has 10 heteroatoms. The fourth-order valence-corrected chi connectivity index (χ4v) is 5.29. The molecule has 0 unspecified atom stereocenters. The highest BCUT2D eigenvalue weighted by molar-refractivity contribution is 7.89. The van der Waals surface area contributed by atoms with Gasteiger partial charge in [-0.3, -0.25) is 0 Å². The summed E-state index contributed by atoms with van der Waals surface area (Å²) in [6.45, 7) is 0.597. The molecule has 0 atom stereocenters. The van der Waals surface area contributed by atoms with Crippen LogP contribution in [0.5, 0.6) is 0 Å². The predicted molar refractivity (Wildman–Crippen MR) is 135 cm³/mol. The summed E-state index contributed by atoms with van der Waals surface area (Å²) < 4.78 is 40.2. The Hall–Kier alpha value is -3.89. The van der Waals surface area contributed by atoms with Crippen molar-refractivity contribution in [3.8, 4) is 11.3 Å². The topological polar surface area (TPSA) is 104 Å². The molecule has 0 saturated heterocycles. The Morgan fingerprint density at radius 3 is 2.44 bits per heavy atom. The zero-order chi connectivity index (χ0) is 25.6. The standard InChI is InChI=1S/C26H23FN4O4S/c1-30(2)36(34,35)20-10-12-23-17(14-20)4-3-13-31(23)25-24(16-5-8-19(27)9-6-16)28-21-11-7-18(26(32)33)15-22(21)29-25/h5-12,14-15H,3-4,13H2,1-2H3,(H,32,33). The molecule has 5 rings (SSSR count). The number of aromatic carboxylic acids is 1. The Labute approximate surface area is 207 Å². The second kappa shape index (κ2) is 8.96. The molecule has 36 heavy (non-hydrogen) atoms. The van der Waals surface area contributed by atoms with Crippen LogP contribution in [0.2, 0.25) is 0 Å². The van der Waals surface area contributed by atoms with Gasteiger partial charge in [-0.2, -0.15) is 0 Å². The maximum atomic E-state index is 13.7. The number of rotatable bonds is 5. The molecule has 8 nitrogen and oxygen atoms in total. The van der Waals surface area contributed by atoms with Crippen molar-refractivity contribution in [3.63, 3.8) is 0 Å². The minimum absolute atomic E-state index is 0.0925. The first-order chi connectivity index (χ1) is 17.1. The Morgan fingerprint density at radius 1 is 1.00 bits per heavy atom. The van der Waals surface area contributed by atoms with Gasteiger partial charge in [0.25, 0.3) is 0 Å². The van der Waals surface area contributed by atoms with Crippen molar-refractivity contribution in [2.75, 3.05) is 25.5 Å². The SMILES string of the molecule is CN(C)S(=O)(=O)c1ccc2c(c1)CCCN2c1nc2cc(C(=O)O)ccc2nc1-c1ccc(F)cc1. The van der Waals surface area contributed by atoms with Gasteiger partial charge in [-0.25, -0.2) is 31.9 Å². The number of aryl methyl sites for hydroxylation is 1. The Kier molecular flexibility index (Phi) is 5.93. The summed E-state index contributed by atoms with van der Waals surface area (Å²) in [4.78, 5) is 23.3. The van der Waals surface area contributed by atoms with Crippen LogP contribution in [0.4, 0.5) is 15.9 Å². The van der Waals surface area contributed by atoms with E-state index in [4.69, 9.17) is 9.97 Å². The molecule has 1 aliphatic rings. The highest BCUT2D eigenvalue weighted by Gasteiger charge is 2.26. The van der Waals surface area contributed by atoms with Crippen molar-refractivity contribution < 1.29 is 22.7 Å². The number of hydrogen-bond donors (Lipinski definition) is 1. The summed E-state index contributed by atoms with van der Waals surface area (Å²) in [6, 6.07) is 15.5. The van der Waals surface area contributed by atoms with E-state index in [-0.39, 0.29) is 16.3 Å².